The Kier molecular flexibility index (Phi) is 4.51. The average molecular weight is 182 g/mol. The third-order valence-corrected chi connectivity index (χ3v) is 1.47. The number of hydrogen-bond acceptors (Lipinski definition) is 3. The van der Waals surface area contributed by atoms with Crippen molar-refractivity contribution in [1.82, 2.24) is 0 Å². The fourth-order valence-electron chi connectivity index (χ4n) is 0.741. The molecule has 13 heavy (non-hydrogen) atoms. The van der Waals surface area contributed by atoms with Gasteiger partial charge in [0, 0.05) is 17.8 Å². The van der Waals surface area contributed by atoms with E-state index in [-0.39, 0.29) is 5.69 Å². The molecule has 1 aromatic rings. The minimum atomic E-state index is -0.462. The molecule has 4 heteroatoms. The zero-order valence-corrected chi connectivity index (χ0v) is 8.07. The van der Waals surface area contributed by atoms with E-state index in [2.05, 4.69) is 0 Å². The minimum absolute atomic E-state index is 0.0353. The molecule has 4 nitrogen and oxygen atoms in total. The Morgan fingerprint density at radius 1 is 1.38 bits per heavy atom. The molecule has 1 rings (SSSR count). The predicted octanol–water partition coefficient (Wildman–Crippen LogP) is 2.51. The second kappa shape index (κ2) is 5.13. The Hall–Kier alpha value is -1.58. The van der Waals surface area contributed by atoms with Gasteiger partial charge in [0.05, 0.1) is 4.92 Å². The number of aryl methyl sites for hydroxylation is 1. The van der Waals surface area contributed by atoms with Gasteiger partial charge in [-0.05, 0) is 12.5 Å². The predicted molar refractivity (Wildman–Crippen MR) is 53.6 cm³/mol. The highest BCUT2D eigenvalue weighted by Gasteiger charge is 2.05. The molecule has 72 valence electrons. The molecule has 0 aliphatic rings. The minimum Gasteiger partial charge on any atom is -0.398 e. The van der Waals surface area contributed by atoms with Crippen LogP contribution in [0.4, 0.5) is 11.4 Å². The van der Waals surface area contributed by atoms with Crippen LogP contribution in [0.2, 0.25) is 0 Å². The number of benzene rings is 1. The van der Waals surface area contributed by atoms with Gasteiger partial charge in [0.2, 0.25) is 0 Å². The second-order valence-electron chi connectivity index (χ2n) is 2.30. The summed E-state index contributed by atoms with van der Waals surface area (Å²) in [6.45, 7) is 5.80. The molecule has 0 spiro atoms. The molecule has 0 aromatic heterocycles. The summed E-state index contributed by atoms with van der Waals surface area (Å²) < 4.78 is 0. The van der Waals surface area contributed by atoms with Gasteiger partial charge >= 0.3 is 0 Å². The van der Waals surface area contributed by atoms with Crippen molar-refractivity contribution < 1.29 is 4.92 Å². The molecule has 0 amide bonds. The van der Waals surface area contributed by atoms with E-state index in [0.717, 1.165) is 5.56 Å². The quantitative estimate of drug-likeness (QED) is 0.412. The van der Waals surface area contributed by atoms with Crippen molar-refractivity contribution >= 4 is 11.4 Å². The van der Waals surface area contributed by atoms with Crippen LogP contribution < -0.4 is 5.73 Å². The van der Waals surface area contributed by atoms with Gasteiger partial charge in [0.15, 0.2) is 0 Å². The first-order valence-corrected chi connectivity index (χ1v) is 4.12. The van der Waals surface area contributed by atoms with E-state index in [1.807, 2.05) is 13.8 Å². The summed E-state index contributed by atoms with van der Waals surface area (Å²) in [6.07, 6.45) is 0. The first-order valence-electron chi connectivity index (χ1n) is 4.12. The van der Waals surface area contributed by atoms with Gasteiger partial charge in [-0.1, -0.05) is 19.9 Å². The maximum Gasteiger partial charge on any atom is 0.271 e. The molecule has 0 heterocycles. The molecular formula is C9H14N2O2. The van der Waals surface area contributed by atoms with Crippen LogP contribution in [0.5, 0.6) is 0 Å². The molecule has 0 atom stereocenters. The Morgan fingerprint density at radius 3 is 2.31 bits per heavy atom. The normalized spacial score (nSPS) is 8.54. The highest BCUT2D eigenvalue weighted by molar-refractivity contribution is 5.53. The maximum absolute atomic E-state index is 10.2. The second-order valence-corrected chi connectivity index (χ2v) is 2.30. The van der Waals surface area contributed by atoms with E-state index in [9.17, 15) is 10.1 Å². The number of nitro benzene ring substituents is 1. The maximum atomic E-state index is 10.2. The third kappa shape index (κ3) is 3.11. The Morgan fingerprint density at radius 2 is 1.92 bits per heavy atom. The molecule has 0 aliphatic carbocycles. The van der Waals surface area contributed by atoms with E-state index >= 15 is 0 Å². The number of nitrogens with two attached hydrogens (primary N) is 1. The molecule has 0 unspecified atom stereocenters. The summed E-state index contributed by atoms with van der Waals surface area (Å²) in [5, 5.41) is 10.2. The summed E-state index contributed by atoms with van der Waals surface area (Å²) in [5.74, 6) is 0. The molecular weight excluding hydrogens is 168 g/mol. The number of hydrogen-bond donors (Lipinski definition) is 1. The first-order chi connectivity index (χ1) is 6.11. The van der Waals surface area contributed by atoms with Crippen LogP contribution in [0.25, 0.3) is 0 Å². The number of non-ortho nitro benzene ring substituents is 1. The summed E-state index contributed by atoms with van der Waals surface area (Å²) >= 11 is 0. The molecule has 0 bridgehead atoms. The van der Waals surface area contributed by atoms with Gasteiger partial charge in [0.1, 0.15) is 0 Å². The van der Waals surface area contributed by atoms with Crippen molar-refractivity contribution in [3.63, 3.8) is 0 Å². The SMILES string of the molecule is CC.Cc1ccc([N+](=O)[O-])cc1N. The van der Waals surface area contributed by atoms with Gasteiger partial charge in [0.25, 0.3) is 5.69 Å². The smallest absolute Gasteiger partial charge is 0.271 e. The summed E-state index contributed by atoms with van der Waals surface area (Å²) in [6, 6.07) is 4.43. The van der Waals surface area contributed by atoms with Gasteiger partial charge in [-0.3, -0.25) is 10.1 Å². The zero-order chi connectivity index (χ0) is 10.4. The highest BCUT2D eigenvalue weighted by Crippen LogP contribution is 2.18. The standard InChI is InChI=1S/C7H8N2O2.C2H6/c1-5-2-3-6(9(10)11)4-7(5)8;1-2/h2-4H,8H2,1H3;1-2H3. The lowest BCUT2D eigenvalue weighted by atomic mass is 10.2. The van der Waals surface area contributed by atoms with E-state index in [0.29, 0.717) is 5.69 Å². The van der Waals surface area contributed by atoms with Gasteiger partial charge < -0.3 is 5.73 Å². The number of nitrogens with zero attached hydrogens (tertiary/aromatic N) is 1. The molecule has 0 aliphatic heterocycles. The van der Waals surface area contributed by atoms with E-state index in [1.165, 1.54) is 12.1 Å². The lowest BCUT2D eigenvalue weighted by Gasteiger charge is -1.97. The van der Waals surface area contributed by atoms with E-state index in [1.54, 1.807) is 13.0 Å². The van der Waals surface area contributed by atoms with Crippen LogP contribution in [0.3, 0.4) is 0 Å². The molecule has 2 N–H and O–H groups in total. The first kappa shape index (κ1) is 11.4. The van der Waals surface area contributed by atoms with Crippen molar-refractivity contribution in [1.29, 1.82) is 0 Å². The highest BCUT2D eigenvalue weighted by atomic mass is 16.6. The Labute approximate surface area is 77.5 Å². The Balaban J connectivity index is 0.000000671. The topological polar surface area (TPSA) is 69.2 Å². The van der Waals surface area contributed by atoms with Gasteiger partial charge in [-0.2, -0.15) is 0 Å². The number of rotatable bonds is 1. The monoisotopic (exact) mass is 182 g/mol. The lowest BCUT2D eigenvalue weighted by Crippen LogP contribution is -1.92. The van der Waals surface area contributed by atoms with Crippen LogP contribution >= 0.6 is 0 Å². The summed E-state index contributed by atoms with van der Waals surface area (Å²) in [5.41, 5.74) is 6.80. The zero-order valence-electron chi connectivity index (χ0n) is 8.07. The van der Waals surface area contributed by atoms with Crippen LogP contribution in [0, 0.1) is 17.0 Å². The van der Waals surface area contributed by atoms with Crippen LogP contribution in [0.15, 0.2) is 18.2 Å². The molecule has 1 aromatic carbocycles. The van der Waals surface area contributed by atoms with Crippen LogP contribution in [-0.4, -0.2) is 4.92 Å². The van der Waals surface area contributed by atoms with Crippen LogP contribution in [-0.2, 0) is 0 Å². The van der Waals surface area contributed by atoms with Crippen molar-refractivity contribution in [2.45, 2.75) is 20.8 Å². The summed E-state index contributed by atoms with van der Waals surface area (Å²) in [7, 11) is 0. The fraction of sp³-hybridized carbons (Fsp3) is 0.333. The number of anilines is 1. The number of nitro groups is 1. The third-order valence-electron chi connectivity index (χ3n) is 1.47. The van der Waals surface area contributed by atoms with E-state index < -0.39 is 4.92 Å². The van der Waals surface area contributed by atoms with Crippen molar-refractivity contribution in [2.24, 2.45) is 0 Å². The summed E-state index contributed by atoms with van der Waals surface area (Å²) in [4.78, 5) is 9.75. The fourth-order valence-corrected chi connectivity index (χ4v) is 0.741. The van der Waals surface area contributed by atoms with E-state index in [4.69, 9.17) is 5.73 Å². The average Bonchev–Trinajstić information content (AvgIpc) is 2.13. The van der Waals surface area contributed by atoms with Crippen molar-refractivity contribution in [3.8, 4) is 0 Å². The molecule has 0 saturated carbocycles. The largest absolute Gasteiger partial charge is 0.398 e. The van der Waals surface area contributed by atoms with Crippen molar-refractivity contribution in [2.75, 3.05) is 5.73 Å². The Bertz CT molecular complexity index is 298. The van der Waals surface area contributed by atoms with Gasteiger partial charge in [-0.25, -0.2) is 0 Å². The molecule has 0 fully saturated rings. The van der Waals surface area contributed by atoms with Gasteiger partial charge in [-0.15, -0.1) is 0 Å². The van der Waals surface area contributed by atoms with Crippen molar-refractivity contribution in [3.05, 3.63) is 33.9 Å². The molecule has 0 saturated heterocycles. The number of nitrogen functional groups attached to an aromatic ring is 1. The van der Waals surface area contributed by atoms with Crippen LogP contribution in [0.1, 0.15) is 19.4 Å². The lowest BCUT2D eigenvalue weighted by molar-refractivity contribution is -0.384. The molecule has 0 radical (unpaired) electrons.